The molecule has 0 saturated carbocycles. The van der Waals surface area contributed by atoms with Crippen molar-refractivity contribution in [2.45, 2.75) is 40.3 Å². The molecule has 0 aliphatic rings. The van der Waals surface area contributed by atoms with Crippen LogP contribution in [-0.4, -0.2) is 18.1 Å². The molecular formula is C18H25N3. The van der Waals surface area contributed by atoms with Crippen LogP contribution in [0, 0.1) is 13.8 Å². The van der Waals surface area contributed by atoms with Gasteiger partial charge in [-0.2, -0.15) is 0 Å². The van der Waals surface area contributed by atoms with Gasteiger partial charge in [-0.25, -0.2) is 4.98 Å². The Labute approximate surface area is 128 Å². The highest BCUT2D eigenvalue weighted by Crippen LogP contribution is 2.26. The van der Waals surface area contributed by atoms with Crippen molar-refractivity contribution in [1.82, 2.24) is 10.3 Å². The second-order valence-corrected chi connectivity index (χ2v) is 5.91. The number of aromatic nitrogens is 1. The van der Waals surface area contributed by atoms with E-state index < -0.39 is 0 Å². The monoisotopic (exact) mass is 283 g/mol. The molecule has 0 unspecified atom stereocenters. The van der Waals surface area contributed by atoms with E-state index in [1.54, 1.807) is 0 Å². The quantitative estimate of drug-likeness (QED) is 0.900. The number of rotatable bonds is 5. The summed E-state index contributed by atoms with van der Waals surface area (Å²) in [6, 6.07) is 11.2. The van der Waals surface area contributed by atoms with Crippen LogP contribution < -0.4 is 10.2 Å². The van der Waals surface area contributed by atoms with Crippen LogP contribution in [0.25, 0.3) is 0 Å². The third kappa shape index (κ3) is 4.05. The Balaban J connectivity index is 2.22. The predicted octanol–water partition coefficient (Wildman–Crippen LogP) is 3.96. The van der Waals surface area contributed by atoms with E-state index in [-0.39, 0.29) is 0 Å². The molecular weight excluding hydrogens is 258 g/mol. The topological polar surface area (TPSA) is 28.2 Å². The van der Waals surface area contributed by atoms with Gasteiger partial charge in [-0.3, -0.25) is 0 Å². The molecule has 0 saturated heterocycles. The maximum atomic E-state index is 4.50. The zero-order valence-corrected chi connectivity index (χ0v) is 13.6. The first-order valence-electron chi connectivity index (χ1n) is 7.46. The molecule has 0 bridgehead atoms. The summed E-state index contributed by atoms with van der Waals surface area (Å²) in [6.45, 7) is 9.44. The lowest BCUT2D eigenvalue weighted by molar-refractivity contribution is 0.588. The van der Waals surface area contributed by atoms with Gasteiger partial charge in [0.2, 0.25) is 0 Å². The standard InChI is InChI=1S/C18H25N3/c1-13(2)20-12-16-8-9-19-18(11-16)21(5)17-7-6-14(3)10-15(17)4/h6-11,13,20H,12H2,1-5H3. The Hall–Kier alpha value is -1.87. The highest BCUT2D eigenvalue weighted by Gasteiger charge is 2.09. The lowest BCUT2D eigenvalue weighted by Gasteiger charge is -2.21. The van der Waals surface area contributed by atoms with Crippen LogP contribution >= 0.6 is 0 Å². The molecule has 1 N–H and O–H groups in total. The number of anilines is 2. The van der Waals surface area contributed by atoms with Gasteiger partial charge in [0.05, 0.1) is 0 Å². The van der Waals surface area contributed by atoms with Crippen molar-refractivity contribution in [3.05, 3.63) is 53.2 Å². The van der Waals surface area contributed by atoms with Crippen LogP contribution in [0.15, 0.2) is 36.5 Å². The normalized spacial score (nSPS) is 11.0. The van der Waals surface area contributed by atoms with Gasteiger partial charge in [0.1, 0.15) is 5.82 Å². The molecule has 3 nitrogen and oxygen atoms in total. The molecule has 1 aromatic heterocycles. The first-order valence-corrected chi connectivity index (χ1v) is 7.46. The second-order valence-electron chi connectivity index (χ2n) is 5.91. The Morgan fingerprint density at radius 2 is 1.90 bits per heavy atom. The number of benzene rings is 1. The molecule has 0 aliphatic heterocycles. The average Bonchev–Trinajstić information content (AvgIpc) is 2.45. The molecule has 0 aliphatic carbocycles. The van der Waals surface area contributed by atoms with E-state index in [4.69, 9.17) is 0 Å². The van der Waals surface area contributed by atoms with Gasteiger partial charge in [-0.1, -0.05) is 31.5 Å². The largest absolute Gasteiger partial charge is 0.329 e. The van der Waals surface area contributed by atoms with Crippen molar-refractivity contribution in [1.29, 1.82) is 0 Å². The van der Waals surface area contributed by atoms with Crippen molar-refractivity contribution in [2.24, 2.45) is 0 Å². The molecule has 0 fully saturated rings. The summed E-state index contributed by atoms with van der Waals surface area (Å²) in [5.41, 5.74) is 5.00. The summed E-state index contributed by atoms with van der Waals surface area (Å²) in [7, 11) is 2.07. The zero-order chi connectivity index (χ0) is 15.4. The Bertz CT molecular complexity index is 605. The van der Waals surface area contributed by atoms with Crippen molar-refractivity contribution in [3.63, 3.8) is 0 Å². The van der Waals surface area contributed by atoms with Crippen molar-refractivity contribution in [3.8, 4) is 0 Å². The van der Waals surface area contributed by atoms with Gasteiger partial charge >= 0.3 is 0 Å². The van der Waals surface area contributed by atoms with Gasteiger partial charge in [-0.05, 0) is 43.2 Å². The highest BCUT2D eigenvalue weighted by atomic mass is 15.2. The van der Waals surface area contributed by atoms with Gasteiger partial charge < -0.3 is 10.2 Å². The minimum atomic E-state index is 0.485. The van der Waals surface area contributed by atoms with Crippen molar-refractivity contribution >= 4 is 11.5 Å². The number of hydrogen-bond acceptors (Lipinski definition) is 3. The Kier molecular flexibility index (Phi) is 4.97. The number of nitrogens with one attached hydrogen (secondary N) is 1. The third-order valence-electron chi connectivity index (χ3n) is 3.58. The van der Waals surface area contributed by atoms with E-state index in [0.29, 0.717) is 6.04 Å². The van der Waals surface area contributed by atoms with Gasteiger partial charge in [0, 0.05) is 31.5 Å². The van der Waals surface area contributed by atoms with E-state index in [0.717, 1.165) is 12.4 Å². The Morgan fingerprint density at radius 1 is 1.14 bits per heavy atom. The zero-order valence-electron chi connectivity index (χ0n) is 13.6. The predicted molar refractivity (Wildman–Crippen MR) is 90.2 cm³/mol. The number of hydrogen-bond donors (Lipinski definition) is 1. The molecule has 2 rings (SSSR count). The van der Waals surface area contributed by atoms with Crippen LogP contribution in [0.1, 0.15) is 30.5 Å². The summed E-state index contributed by atoms with van der Waals surface area (Å²) in [4.78, 5) is 6.65. The Morgan fingerprint density at radius 3 is 2.57 bits per heavy atom. The molecule has 3 heteroatoms. The maximum absolute atomic E-state index is 4.50. The van der Waals surface area contributed by atoms with Crippen LogP contribution in [0.5, 0.6) is 0 Å². The maximum Gasteiger partial charge on any atom is 0.132 e. The fourth-order valence-corrected chi connectivity index (χ4v) is 2.38. The van der Waals surface area contributed by atoms with Crippen LogP contribution in [0.3, 0.4) is 0 Å². The molecule has 0 amide bonds. The van der Waals surface area contributed by atoms with E-state index in [2.05, 4.69) is 80.3 Å². The molecule has 0 spiro atoms. The minimum absolute atomic E-state index is 0.485. The van der Waals surface area contributed by atoms with Gasteiger partial charge in [0.15, 0.2) is 0 Å². The van der Waals surface area contributed by atoms with Gasteiger partial charge in [0.25, 0.3) is 0 Å². The summed E-state index contributed by atoms with van der Waals surface area (Å²) in [6.07, 6.45) is 1.88. The minimum Gasteiger partial charge on any atom is -0.329 e. The number of aryl methyl sites for hydroxylation is 2. The lowest BCUT2D eigenvalue weighted by Crippen LogP contribution is -2.22. The average molecular weight is 283 g/mol. The number of nitrogens with zero attached hydrogens (tertiary/aromatic N) is 2. The molecule has 112 valence electrons. The summed E-state index contributed by atoms with van der Waals surface area (Å²) in [5, 5.41) is 3.44. The molecule has 21 heavy (non-hydrogen) atoms. The summed E-state index contributed by atoms with van der Waals surface area (Å²) in [5.74, 6) is 0.977. The number of pyridine rings is 1. The van der Waals surface area contributed by atoms with Crippen molar-refractivity contribution in [2.75, 3.05) is 11.9 Å². The first kappa shape index (κ1) is 15.5. The molecule has 0 atom stereocenters. The van der Waals surface area contributed by atoms with Gasteiger partial charge in [-0.15, -0.1) is 0 Å². The second kappa shape index (κ2) is 6.72. The smallest absolute Gasteiger partial charge is 0.132 e. The molecule has 1 aromatic carbocycles. The molecule has 1 heterocycles. The van der Waals surface area contributed by atoms with Crippen LogP contribution in [0.2, 0.25) is 0 Å². The fraction of sp³-hybridized carbons (Fsp3) is 0.389. The fourth-order valence-electron chi connectivity index (χ4n) is 2.38. The highest BCUT2D eigenvalue weighted by molar-refractivity contribution is 5.63. The van der Waals surface area contributed by atoms with E-state index in [9.17, 15) is 0 Å². The van der Waals surface area contributed by atoms with E-state index in [1.807, 2.05) is 6.20 Å². The molecule has 0 radical (unpaired) electrons. The van der Waals surface area contributed by atoms with E-state index >= 15 is 0 Å². The summed E-state index contributed by atoms with van der Waals surface area (Å²) < 4.78 is 0. The SMILES string of the molecule is Cc1ccc(N(C)c2cc(CNC(C)C)ccn2)c(C)c1. The molecule has 2 aromatic rings. The van der Waals surface area contributed by atoms with E-state index in [1.165, 1.54) is 22.4 Å². The van der Waals surface area contributed by atoms with Crippen LogP contribution in [0.4, 0.5) is 11.5 Å². The van der Waals surface area contributed by atoms with Crippen molar-refractivity contribution < 1.29 is 0 Å². The summed E-state index contributed by atoms with van der Waals surface area (Å²) >= 11 is 0. The third-order valence-corrected chi connectivity index (χ3v) is 3.58. The first-order chi connectivity index (χ1) is 9.97. The van der Waals surface area contributed by atoms with Crippen LogP contribution in [-0.2, 0) is 6.54 Å². The lowest BCUT2D eigenvalue weighted by atomic mass is 10.1.